The highest BCUT2D eigenvalue weighted by Gasteiger charge is 2.21. The molecule has 1 aromatic rings. The Bertz CT molecular complexity index is 406. The maximum Gasteiger partial charge on any atom is 0.220 e. The summed E-state index contributed by atoms with van der Waals surface area (Å²) in [5.74, 6) is 1.94. The predicted octanol–water partition coefficient (Wildman–Crippen LogP) is 2.17. The first-order valence-electron chi connectivity index (χ1n) is 7.19. The van der Waals surface area contributed by atoms with Crippen molar-refractivity contribution in [1.29, 1.82) is 0 Å². The minimum absolute atomic E-state index is 0.141. The number of amides is 1. The number of furan rings is 1. The molecule has 4 nitrogen and oxygen atoms in total. The van der Waals surface area contributed by atoms with Crippen molar-refractivity contribution in [2.75, 3.05) is 7.05 Å². The lowest BCUT2D eigenvalue weighted by atomic mass is 9.91. The average Bonchev–Trinajstić information content (AvgIpc) is 2.83. The van der Waals surface area contributed by atoms with Crippen molar-refractivity contribution < 1.29 is 9.21 Å². The van der Waals surface area contributed by atoms with Gasteiger partial charge >= 0.3 is 0 Å². The second-order valence-electron chi connectivity index (χ2n) is 5.42. The lowest BCUT2D eigenvalue weighted by Gasteiger charge is -2.28. The molecule has 2 rings (SSSR count). The second kappa shape index (κ2) is 6.75. The Balaban J connectivity index is 1.67. The summed E-state index contributed by atoms with van der Waals surface area (Å²) in [5.41, 5.74) is 0. The standard InChI is InChI=1S/C15H24N2O2/c1-11-3-8-14(19-11)9-10-15(18)17-13-6-4-12(16-2)5-7-13/h3,8,12-13,16H,4-7,9-10H2,1-2H3,(H,17,18). The van der Waals surface area contributed by atoms with E-state index in [2.05, 4.69) is 10.6 Å². The van der Waals surface area contributed by atoms with E-state index in [1.807, 2.05) is 26.1 Å². The van der Waals surface area contributed by atoms with Gasteiger partial charge in [-0.3, -0.25) is 4.79 Å². The summed E-state index contributed by atoms with van der Waals surface area (Å²) < 4.78 is 5.46. The monoisotopic (exact) mass is 264 g/mol. The fraction of sp³-hybridized carbons (Fsp3) is 0.667. The highest BCUT2D eigenvalue weighted by atomic mass is 16.3. The smallest absolute Gasteiger partial charge is 0.220 e. The van der Waals surface area contributed by atoms with E-state index < -0.39 is 0 Å². The molecule has 1 aromatic heterocycles. The van der Waals surface area contributed by atoms with Crippen LogP contribution in [0.3, 0.4) is 0 Å². The molecule has 0 saturated heterocycles. The number of carbonyl (C=O) groups is 1. The minimum Gasteiger partial charge on any atom is -0.466 e. The number of aryl methyl sites for hydroxylation is 2. The first kappa shape index (κ1) is 14.1. The Hall–Kier alpha value is -1.29. The summed E-state index contributed by atoms with van der Waals surface area (Å²) in [4.78, 5) is 11.9. The first-order chi connectivity index (χ1) is 9.17. The normalized spacial score (nSPS) is 23.3. The fourth-order valence-electron chi connectivity index (χ4n) is 2.68. The zero-order valence-corrected chi connectivity index (χ0v) is 11.9. The molecule has 106 valence electrons. The van der Waals surface area contributed by atoms with E-state index in [9.17, 15) is 4.79 Å². The summed E-state index contributed by atoms with van der Waals surface area (Å²) >= 11 is 0. The van der Waals surface area contributed by atoms with E-state index in [0.717, 1.165) is 37.2 Å². The van der Waals surface area contributed by atoms with Crippen LogP contribution in [0.5, 0.6) is 0 Å². The van der Waals surface area contributed by atoms with Gasteiger partial charge in [0.15, 0.2) is 0 Å². The Morgan fingerprint density at radius 3 is 2.53 bits per heavy atom. The maximum atomic E-state index is 11.9. The molecule has 0 aromatic carbocycles. The summed E-state index contributed by atoms with van der Waals surface area (Å²) in [5, 5.41) is 6.43. The minimum atomic E-state index is 0.141. The fourth-order valence-corrected chi connectivity index (χ4v) is 2.68. The number of carbonyl (C=O) groups excluding carboxylic acids is 1. The summed E-state index contributed by atoms with van der Waals surface area (Å²) in [6.45, 7) is 1.92. The van der Waals surface area contributed by atoms with E-state index in [4.69, 9.17) is 4.42 Å². The highest BCUT2D eigenvalue weighted by molar-refractivity contribution is 5.76. The van der Waals surface area contributed by atoms with Crippen LogP contribution < -0.4 is 10.6 Å². The molecule has 1 fully saturated rings. The van der Waals surface area contributed by atoms with Gasteiger partial charge in [0, 0.05) is 24.9 Å². The molecule has 0 aliphatic heterocycles. The molecule has 19 heavy (non-hydrogen) atoms. The first-order valence-corrected chi connectivity index (χ1v) is 7.19. The molecule has 1 aliphatic rings. The van der Waals surface area contributed by atoms with Crippen molar-refractivity contribution in [1.82, 2.24) is 10.6 Å². The Labute approximate surface area is 114 Å². The molecule has 0 radical (unpaired) electrons. The van der Waals surface area contributed by atoms with Gasteiger partial charge in [-0.1, -0.05) is 0 Å². The lowest BCUT2D eigenvalue weighted by molar-refractivity contribution is -0.122. The molecule has 1 aliphatic carbocycles. The Morgan fingerprint density at radius 2 is 1.95 bits per heavy atom. The van der Waals surface area contributed by atoms with Crippen molar-refractivity contribution in [3.63, 3.8) is 0 Å². The lowest BCUT2D eigenvalue weighted by Crippen LogP contribution is -2.41. The third-order valence-corrected chi connectivity index (χ3v) is 3.90. The van der Waals surface area contributed by atoms with Crippen molar-refractivity contribution in [3.05, 3.63) is 23.7 Å². The molecular formula is C15H24N2O2. The van der Waals surface area contributed by atoms with E-state index in [-0.39, 0.29) is 5.91 Å². The van der Waals surface area contributed by atoms with Crippen LogP contribution in [0, 0.1) is 6.92 Å². The third kappa shape index (κ3) is 4.39. The number of nitrogens with one attached hydrogen (secondary N) is 2. The molecule has 0 bridgehead atoms. The molecule has 0 spiro atoms. The van der Waals surface area contributed by atoms with Gasteiger partial charge in [0.25, 0.3) is 0 Å². The molecule has 1 amide bonds. The molecule has 4 heteroatoms. The summed E-state index contributed by atoms with van der Waals surface area (Å²) in [7, 11) is 2.01. The van der Waals surface area contributed by atoms with Crippen molar-refractivity contribution in [2.45, 2.75) is 57.5 Å². The molecule has 1 saturated carbocycles. The quantitative estimate of drug-likeness (QED) is 0.857. The highest BCUT2D eigenvalue weighted by Crippen LogP contribution is 2.18. The van der Waals surface area contributed by atoms with Crippen LogP contribution in [0.15, 0.2) is 16.5 Å². The zero-order valence-electron chi connectivity index (χ0n) is 11.9. The van der Waals surface area contributed by atoms with Gasteiger partial charge in [0.2, 0.25) is 5.91 Å². The number of hydrogen-bond acceptors (Lipinski definition) is 3. The number of rotatable bonds is 5. The van der Waals surface area contributed by atoms with Crippen molar-refractivity contribution in [2.24, 2.45) is 0 Å². The van der Waals surface area contributed by atoms with Crippen LogP contribution in [0.2, 0.25) is 0 Å². The molecule has 0 unspecified atom stereocenters. The van der Waals surface area contributed by atoms with Gasteiger partial charge in [-0.05, 0) is 51.8 Å². The Morgan fingerprint density at radius 1 is 1.26 bits per heavy atom. The average molecular weight is 264 g/mol. The van der Waals surface area contributed by atoms with Gasteiger partial charge in [-0.25, -0.2) is 0 Å². The maximum absolute atomic E-state index is 11.9. The van der Waals surface area contributed by atoms with Gasteiger partial charge in [0.1, 0.15) is 11.5 Å². The number of hydrogen-bond donors (Lipinski definition) is 2. The van der Waals surface area contributed by atoms with Gasteiger partial charge in [-0.2, -0.15) is 0 Å². The van der Waals surface area contributed by atoms with Crippen molar-refractivity contribution >= 4 is 5.91 Å². The second-order valence-corrected chi connectivity index (χ2v) is 5.42. The van der Waals surface area contributed by atoms with E-state index in [0.29, 0.717) is 24.9 Å². The predicted molar refractivity (Wildman–Crippen MR) is 75.0 cm³/mol. The van der Waals surface area contributed by atoms with E-state index >= 15 is 0 Å². The van der Waals surface area contributed by atoms with Crippen molar-refractivity contribution in [3.8, 4) is 0 Å². The van der Waals surface area contributed by atoms with Crippen LogP contribution in [0.25, 0.3) is 0 Å². The van der Waals surface area contributed by atoms with Gasteiger partial charge in [0.05, 0.1) is 0 Å². The van der Waals surface area contributed by atoms with Crippen LogP contribution in [0.4, 0.5) is 0 Å². The van der Waals surface area contributed by atoms with Gasteiger partial charge < -0.3 is 15.1 Å². The Kier molecular flexibility index (Phi) is 5.02. The van der Waals surface area contributed by atoms with Gasteiger partial charge in [-0.15, -0.1) is 0 Å². The molecule has 0 atom stereocenters. The largest absolute Gasteiger partial charge is 0.466 e. The summed E-state index contributed by atoms with van der Waals surface area (Å²) in [6, 6.07) is 4.86. The topological polar surface area (TPSA) is 54.3 Å². The van der Waals surface area contributed by atoms with Crippen LogP contribution >= 0.6 is 0 Å². The van der Waals surface area contributed by atoms with E-state index in [1.165, 1.54) is 0 Å². The molecule has 2 N–H and O–H groups in total. The zero-order chi connectivity index (χ0) is 13.7. The van der Waals surface area contributed by atoms with Crippen LogP contribution in [0.1, 0.15) is 43.6 Å². The summed E-state index contributed by atoms with van der Waals surface area (Å²) in [6.07, 6.45) is 5.66. The molecular weight excluding hydrogens is 240 g/mol. The van der Waals surface area contributed by atoms with Crippen LogP contribution in [-0.2, 0) is 11.2 Å². The van der Waals surface area contributed by atoms with Crippen LogP contribution in [-0.4, -0.2) is 25.0 Å². The third-order valence-electron chi connectivity index (χ3n) is 3.90. The molecule has 1 heterocycles. The SMILES string of the molecule is CNC1CCC(NC(=O)CCc2ccc(C)o2)CC1. The van der Waals surface area contributed by atoms with E-state index in [1.54, 1.807) is 0 Å².